The second-order valence-corrected chi connectivity index (χ2v) is 4.69. The van der Waals surface area contributed by atoms with E-state index in [1.807, 2.05) is 13.8 Å². The van der Waals surface area contributed by atoms with Crippen molar-refractivity contribution in [1.82, 2.24) is 9.97 Å². The Kier molecular flexibility index (Phi) is 4.61. The van der Waals surface area contributed by atoms with Crippen molar-refractivity contribution < 1.29 is 14.6 Å². The Bertz CT molecular complexity index is 433. The van der Waals surface area contributed by atoms with Gasteiger partial charge in [0.2, 0.25) is 5.82 Å². The van der Waals surface area contributed by atoms with Crippen LogP contribution in [0.5, 0.6) is 0 Å². The van der Waals surface area contributed by atoms with Crippen LogP contribution < -0.4 is 5.32 Å². The third kappa shape index (κ3) is 3.96. The van der Waals surface area contributed by atoms with E-state index in [1.54, 1.807) is 13.0 Å². The van der Waals surface area contributed by atoms with E-state index in [2.05, 4.69) is 20.0 Å². The van der Waals surface area contributed by atoms with Crippen LogP contribution in [0.25, 0.3) is 0 Å². The van der Waals surface area contributed by atoms with E-state index in [0.29, 0.717) is 17.9 Å². The Labute approximate surface area is 106 Å². The van der Waals surface area contributed by atoms with Crippen LogP contribution in [0, 0.1) is 6.92 Å². The number of ether oxygens (including phenoxy) is 1. The SMILES string of the molecule is COC(=O)c1nc(C)cc(NC(C)(C)CCO)n1. The lowest BCUT2D eigenvalue weighted by Gasteiger charge is -2.26. The van der Waals surface area contributed by atoms with E-state index < -0.39 is 5.97 Å². The third-order valence-electron chi connectivity index (χ3n) is 2.43. The number of nitrogens with zero attached hydrogens (tertiary/aromatic N) is 2. The monoisotopic (exact) mass is 253 g/mol. The molecule has 0 saturated carbocycles. The first-order valence-corrected chi connectivity index (χ1v) is 5.71. The highest BCUT2D eigenvalue weighted by molar-refractivity contribution is 5.85. The lowest BCUT2D eigenvalue weighted by atomic mass is 10.0. The molecule has 6 heteroatoms. The summed E-state index contributed by atoms with van der Waals surface area (Å²) in [7, 11) is 1.29. The molecule has 0 atom stereocenters. The Hall–Kier alpha value is -1.69. The van der Waals surface area contributed by atoms with Gasteiger partial charge in [0.1, 0.15) is 5.82 Å². The maximum Gasteiger partial charge on any atom is 0.376 e. The van der Waals surface area contributed by atoms with Crippen LogP contribution in [-0.2, 0) is 4.74 Å². The van der Waals surface area contributed by atoms with Crippen LogP contribution in [0.15, 0.2) is 6.07 Å². The van der Waals surface area contributed by atoms with Crippen LogP contribution in [0.3, 0.4) is 0 Å². The van der Waals surface area contributed by atoms with Crippen LogP contribution in [-0.4, -0.2) is 40.3 Å². The van der Waals surface area contributed by atoms with E-state index in [1.165, 1.54) is 7.11 Å². The first kappa shape index (κ1) is 14.4. The zero-order valence-corrected chi connectivity index (χ0v) is 11.1. The molecule has 2 N–H and O–H groups in total. The first-order chi connectivity index (χ1) is 8.38. The molecular formula is C12H19N3O3. The van der Waals surface area contributed by atoms with Crippen molar-refractivity contribution in [2.24, 2.45) is 0 Å². The molecule has 0 aliphatic carbocycles. The molecule has 0 saturated heterocycles. The van der Waals surface area contributed by atoms with Crippen molar-refractivity contribution in [1.29, 1.82) is 0 Å². The molecule has 1 rings (SSSR count). The molecule has 0 bridgehead atoms. The third-order valence-corrected chi connectivity index (χ3v) is 2.43. The van der Waals surface area contributed by atoms with E-state index in [9.17, 15) is 4.79 Å². The molecule has 0 aromatic carbocycles. The van der Waals surface area contributed by atoms with Gasteiger partial charge in [0.25, 0.3) is 0 Å². The van der Waals surface area contributed by atoms with Crippen molar-refractivity contribution in [3.05, 3.63) is 17.6 Å². The predicted molar refractivity (Wildman–Crippen MR) is 67.5 cm³/mol. The summed E-state index contributed by atoms with van der Waals surface area (Å²) >= 11 is 0. The van der Waals surface area contributed by atoms with Crippen molar-refractivity contribution >= 4 is 11.8 Å². The summed E-state index contributed by atoms with van der Waals surface area (Å²) in [6.07, 6.45) is 0.573. The summed E-state index contributed by atoms with van der Waals surface area (Å²) in [5, 5.41) is 12.1. The summed E-state index contributed by atoms with van der Waals surface area (Å²) in [6, 6.07) is 1.74. The average Bonchev–Trinajstić information content (AvgIpc) is 2.26. The summed E-state index contributed by atoms with van der Waals surface area (Å²) in [6.45, 7) is 5.74. The summed E-state index contributed by atoms with van der Waals surface area (Å²) in [5.41, 5.74) is 0.357. The number of hydrogen-bond acceptors (Lipinski definition) is 6. The first-order valence-electron chi connectivity index (χ1n) is 5.71. The Morgan fingerprint density at radius 3 is 2.72 bits per heavy atom. The van der Waals surface area contributed by atoms with Crippen LogP contribution >= 0.6 is 0 Å². The van der Waals surface area contributed by atoms with Gasteiger partial charge in [0.05, 0.1) is 7.11 Å². The molecule has 6 nitrogen and oxygen atoms in total. The fourth-order valence-electron chi connectivity index (χ4n) is 1.50. The quantitative estimate of drug-likeness (QED) is 0.766. The van der Waals surface area contributed by atoms with Gasteiger partial charge in [-0.25, -0.2) is 14.8 Å². The molecule has 0 aliphatic heterocycles. The van der Waals surface area contributed by atoms with E-state index in [4.69, 9.17) is 5.11 Å². The van der Waals surface area contributed by atoms with Crippen molar-refractivity contribution in [2.75, 3.05) is 19.0 Å². The highest BCUT2D eigenvalue weighted by Crippen LogP contribution is 2.17. The van der Waals surface area contributed by atoms with Gasteiger partial charge < -0.3 is 15.2 Å². The molecule has 0 aliphatic rings. The minimum Gasteiger partial charge on any atom is -0.463 e. The zero-order chi connectivity index (χ0) is 13.8. The number of aliphatic hydroxyl groups excluding tert-OH is 1. The molecule has 1 heterocycles. The van der Waals surface area contributed by atoms with Gasteiger partial charge in [-0.2, -0.15) is 0 Å². The highest BCUT2D eigenvalue weighted by atomic mass is 16.5. The number of carbonyl (C=O) groups excluding carboxylic acids is 1. The maximum atomic E-state index is 11.4. The standard InChI is InChI=1S/C12H19N3O3/c1-8-7-9(15-12(2,3)5-6-16)14-10(13-8)11(17)18-4/h7,16H,5-6H2,1-4H3,(H,13,14,15). The number of esters is 1. The lowest BCUT2D eigenvalue weighted by Crippen LogP contribution is -2.32. The van der Waals surface area contributed by atoms with Gasteiger partial charge in [0, 0.05) is 23.9 Å². The number of aliphatic hydroxyl groups is 1. The smallest absolute Gasteiger partial charge is 0.376 e. The molecule has 18 heavy (non-hydrogen) atoms. The Balaban J connectivity index is 2.96. The van der Waals surface area contributed by atoms with Gasteiger partial charge in [0.15, 0.2) is 0 Å². The summed E-state index contributed by atoms with van der Waals surface area (Å²) in [4.78, 5) is 19.5. The van der Waals surface area contributed by atoms with E-state index in [0.717, 1.165) is 0 Å². The van der Waals surface area contributed by atoms with E-state index in [-0.39, 0.29) is 18.0 Å². The molecule has 1 aromatic heterocycles. The van der Waals surface area contributed by atoms with Crippen LogP contribution in [0.4, 0.5) is 5.82 Å². The minimum atomic E-state index is -0.568. The van der Waals surface area contributed by atoms with Crippen LogP contribution in [0.2, 0.25) is 0 Å². The molecule has 0 unspecified atom stereocenters. The molecule has 0 fully saturated rings. The number of aromatic nitrogens is 2. The minimum absolute atomic E-state index is 0.0276. The predicted octanol–water partition coefficient (Wildman–Crippen LogP) is 1.14. The second kappa shape index (κ2) is 5.77. The lowest BCUT2D eigenvalue weighted by molar-refractivity contribution is 0.0586. The number of anilines is 1. The topological polar surface area (TPSA) is 84.3 Å². The fourth-order valence-corrected chi connectivity index (χ4v) is 1.50. The molecule has 0 radical (unpaired) electrons. The number of rotatable bonds is 5. The van der Waals surface area contributed by atoms with Crippen molar-refractivity contribution in [2.45, 2.75) is 32.7 Å². The average molecular weight is 253 g/mol. The second-order valence-electron chi connectivity index (χ2n) is 4.69. The molecule has 1 aromatic rings. The number of methoxy groups -OCH3 is 1. The summed E-state index contributed by atoms with van der Waals surface area (Å²) < 4.78 is 4.59. The van der Waals surface area contributed by atoms with E-state index >= 15 is 0 Å². The van der Waals surface area contributed by atoms with Gasteiger partial charge in [-0.3, -0.25) is 0 Å². The van der Waals surface area contributed by atoms with Gasteiger partial charge in [-0.15, -0.1) is 0 Å². The maximum absolute atomic E-state index is 11.4. The number of aryl methyl sites for hydroxylation is 1. The number of hydrogen-bond donors (Lipinski definition) is 2. The normalized spacial score (nSPS) is 11.2. The van der Waals surface area contributed by atoms with Crippen molar-refractivity contribution in [3.63, 3.8) is 0 Å². The van der Waals surface area contributed by atoms with Gasteiger partial charge in [-0.1, -0.05) is 0 Å². The zero-order valence-electron chi connectivity index (χ0n) is 11.1. The molecule has 0 spiro atoms. The molecule has 0 amide bonds. The Morgan fingerprint density at radius 2 is 2.17 bits per heavy atom. The highest BCUT2D eigenvalue weighted by Gasteiger charge is 2.19. The van der Waals surface area contributed by atoms with Crippen molar-refractivity contribution in [3.8, 4) is 0 Å². The number of nitrogens with one attached hydrogen (secondary N) is 1. The van der Waals surface area contributed by atoms with Gasteiger partial charge in [-0.05, 0) is 27.2 Å². The fraction of sp³-hybridized carbons (Fsp3) is 0.583. The Morgan fingerprint density at radius 1 is 1.50 bits per heavy atom. The summed E-state index contributed by atoms with van der Waals surface area (Å²) in [5.74, 6) is 0.00265. The number of carbonyl (C=O) groups is 1. The largest absolute Gasteiger partial charge is 0.463 e. The molecular weight excluding hydrogens is 234 g/mol. The van der Waals surface area contributed by atoms with Crippen LogP contribution in [0.1, 0.15) is 36.6 Å². The molecule has 100 valence electrons. The van der Waals surface area contributed by atoms with Gasteiger partial charge >= 0.3 is 5.97 Å².